The Kier molecular flexibility index (Phi) is 5.63. The molecule has 0 bridgehead atoms. The van der Waals surface area contributed by atoms with Crippen LogP contribution in [0.4, 0.5) is 18.3 Å². The van der Waals surface area contributed by atoms with E-state index in [0.29, 0.717) is 29.5 Å². The molecule has 9 heteroatoms. The van der Waals surface area contributed by atoms with Gasteiger partial charge in [-0.05, 0) is 41.8 Å². The number of benzene rings is 2. The Balaban J connectivity index is 1.29. The van der Waals surface area contributed by atoms with Crippen LogP contribution in [-0.2, 0) is 23.8 Å². The third-order valence-electron chi connectivity index (χ3n) is 4.54. The van der Waals surface area contributed by atoms with Crippen molar-refractivity contribution in [1.82, 2.24) is 4.98 Å². The minimum Gasteiger partial charge on any atom is -0.454 e. The molecule has 1 aliphatic heterocycles. The van der Waals surface area contributed by atoms with Crippen LogP contribution in [0, 0.1) is 0 Å². The lowest BCUT2D eigenvalue weighted by molar-refractivity contribution is -0.137. The lowest BCUT2D eigenvalue weighted by Gasteiger charge is -2.06. The summed E-state index contributed by atoms with van der Waals surface area (Å²) in [6.45, 7) is 0.206. The van der Waals surface area contributed by atoms with E-state index in [0.717, 1.165) is 28.1 Å². The number of carbonyl (C=O) groups is 1. The minimum absolute atomic E-state index is 0.164. The molecule has 30 heavy (non-hydrogen) atoms. The highest BCUT2D eigenvalue weighted by molar-refractivity contribution is 7.15. The number of nitrogens with zero attached hydrogens (tertiary/aromatic N) is 1. The van der Waals surface area contributed by atoms with Gasteiger partial charge in [0.2, 0.25) is 12.7 Å². The molecule has 2 aromatic carbocycles. The van der Waals surface area contributed by atoms with Gasteiger partial charge in [0, 0.05) is 23.9 Å². The number of fused-ring (bicyclic) bond motifs is 1. The molecule has 156 valence electrons. The maximum Gasteiger partial charge on any atom is 0.416 e. The fraction of sp³-hybridized carbons (Fsp3) is 0.238. The molecule has 0 atom stereocenters. The van der Waals surface area contributed by atoms with Crippen molar-refractivity contribution in [2.45, 2.75) is 25.4 Å². The summed E-state index contributed by atoms with van der Waals surface area (Å²) in [5, 5.41) is 3.23. The summed E-state index contributed by atoms with van der Waals surface area (Å²) >= 11 is 1.30. The van der Waals surface area contributed by atoms with E-state index in [1.54, 1.807) is 6.20 Å². The van der Waals surface area contributed by atoms with Crippen LogP contribution in [0.5, 0.6) is 11.5 Å². The van der Waals surface area contributed by atoms with Gasteiger partial charge in [0.05, 0.1) is 5.56 Å². The van der Waals surface area contributed by atoms with E-state index in [1.165, 1.54) is 23.5 Å². The number of ether oxygens (including phenoxy) is 2. The van der Waals surface area contributed by atoms with E-state index in [4.69, 9.17) is 9.47 Å². The predicted molar refractivity (Wildman–Crippen MR) is 106 cm³/mol. The number of hydrogen-bond donors (Lipinski definition) is 1. The normalized spacial score (nSPS) is 12.8. The van der Waals surface area contributed by atoms with Gasteiger partial charge in [0.15, 0.2) is 16.6 Å². The SMILES string of the molecule is O=C(CCc1ccc2c(c1)OCO2)Nc1ncc(Cc2ccc(C(F)(F)F)cc2)s1. The lowest BCUT2D eigenvalue weighted by atomic mass is 10.1. The van der Waals surface area contributed by atoms with E-state index in [1.807, 2.05) is 18.2 Å². The average Bonchev–Trinajstić information content (AvgIpc) is 3.35. The molecule has 0 unspecified atom stereocenters. The Morgan fingerprint density at radius 2 is 1.80 bits per heavy atom. The number of anilines is 1. The molecule has 0 aliphatic carbocycles. The van der Waals surface area contributed by atoms with Crippen LogP contribution in [-0.4, -0.2) is 17.7 Å². The van der Waals surface area contributed by atoms with Crippen molar-refractivity contribution in [3.8, 4) is 11.5 Å². The number of halogens is 3. The van der Waals surface area contributed by atoms with Crippen LogP contribution in [0.3, 0.4) is 0 Å². The second-order valence-electron chi connectivity index (χ2n) is 6.74. The van der Waals surface area contributed by atoms with Gasteiger partial charge in [-0.25, -0.2) is 4.98 Å². The summed E-state index contributed by atoms with van der Waals surface area (Å²) in [5.41, 5.74) is 1.04. The number of carbonyl (C=O) groups excluding carboxylic acids is 1. The topological polar surface area (TPSA) is 60.5 Å². The molecular weight excluding hydrogens is 417 g/mol. The number of aryl methyl sites for hydroxylation is 1. The maximum atomic E-state index is 12.6. The van der Waals surface area contributed by atoms with Crippen LogP contribution >= 0.6 is 11.3 Å². The number of thiazole rings is 1. The molecule has 2 heterocycles. The molecule has 0 fully saturated rings. The standard InChI is InChI=1S/C21H17F3N2O3S/c22-21(23,24)15-5-1-13(2-6-15)9-16-11-25-20(30-16)26-19(27)8-4-14-3-7-17-18(10-14)29-12-28-17/h1-3,5-7,10-11H,4,8-9,12H2,(H,25,26,27). The van der Waals surface area contributed by atoms with Gasteiger partial charge in [-0.3, -0.25) is 4.79 Å². The lowest BCUT2D eigenvalue weighted by Crippen LogP contribution is -2.12. The Morgan fingerprint density at radius 1 is 1.07 bits per heavy atom. The summed E-state index contributed by atoms with van der Waals surface area (Å²) < 4.78 is 48.5. The number of aromatic nitrogens is 1. The zero-order chi connectivity index (χ0) is 21.1. The van der Waals surface area contributed by atoms with E-state index >= 15 is 0 Å². The molecule has 1 N–H and O–H groups in total. The molecule has 1 amide bonds. The molecule has 1 aliphatic rings. The molecule has 0 spiro atoms. The third-order valence-corrected chi connectivity index (χ3v) is 5.45. The first kappa shape index (κ1) is 20.2. The van der Waals surface area contributed by atoms with E-state index in [9.17, 15) is 18.0 Å². The quantitative estimate of drug-likeness (QED) is 0.590. The Hall–Kier alpha value is -3.07. The van der Waals surface area contributed by atoms with Gasteiger partial charge in [0.1, 0.15) is 0 Å². The van der Waals surface area contributed by atoms with Gasteiger partial charge in [-0.2, -0.15) is 13.2 Å². The molecule has 0 saturated carbocycles. The van der Waals surface area contributed by atoms with Gasteiger partial charge in [-0.15, -0.1) is 11.3 Å². The highest BCUT2D eigenvalue weighted by Crippen LogP contribution is 2.33. The molecule has 1 aromatic heterocycles. The predicted octanol–water partition coefficient (Wildman–Crippen LogP) is 5.05. The van der Waals surface area contributed by atoms with Crippen molar-refractivity contribution in [2.75, 3.05) is 12.1 Å². The maximum absolute atomic E-state index is 12.6. The smallest absolute Gasteiger partial charge is 0.416 e. The number of rotatable bonds is 6. The minimum atomic E-state index is -4.35. The number of alkyl halides is 3. The second-order valence-corrected chi connectivity index (χ2v) is 7.85. The molecule has 5 nitrogen and oxygen atoms in total. The van der Waals surface area contributed by atoms with E-state index in [2.05, 4.69) is 10.3 Å². The number of amides is 1. The zero-order valence-corrected chi connectivity index (χ0v) is 16.5. The summed E-state index contributed by atoms with van der Waals surface area (Å²) in [6.07, 6.45) is -1.44. The highest BCUT2D eigenvalue weighted by Gasteiger charge is 2.29. The van der Waals surface area contributed by atoms with Gasteiger partial charge in [0.25, 0.3) is 0 Å². The van der Waals surface area contributed by atoms with Crippen LogP contribution in [0.15, 0.2) is 48.7 Å². The zero-order valence-electron chi connectivity index (χ0n) is 15.7. The van der Waals surface area contributed by atoms with Crippen molar-refractivity contribution >= 4 is 22.4 Å². The Morgan fingerprint density at radius 3 is 2.57 bits per heavy atom. The van der Waals surface area contributed by atoms with Crippen molar-refractivity contribution in [3.05, 3.63) is 70.2 Å². The molecule has 0 saturated heterocycles. The summed E-state index contributed by atoms with van der Waals surface area (Å²) in [7, 11) is 0. The first-order chi connectivity index (χ1) is 14.4. The highest BCUT2D eigenvalue weighted by atomic mass is 32.1. The van der Waals surface area contributed by atoms with Gasteiger partial charge < -0.3 is 14.8 Å². The van der Waals surface area contributed by atoms with Crippen molar-refractivity contribution in [3.63, 3.8) is 0 Å². The number of hydrogen-bond acceptors (Lipinski definition) is 5. The van der Waals surface area contributed by atoms with E-state index in [-0.39, 0.29) is 19.1 Å². The summed E-state index contributed by atoms with van der Waals surface area (Å²) in [4.78, 5) is 17.2. The van der Waals surface area contributed by atoms with Gasteiger partial charge >= 0.3 is 6.18 Å². The number of nitrogens with one attached hydrogen (secondary N) is 1. The van der Waals surface area contributed by atoms with Crippen LogP contribution in [0.1, 0.15) is 28.0 Å². The monoisotopic (exact) mass is 434 g/mol. The Bertz CT molecular complexity index is 1050. The third kappa shape index (κ3) is 4.91. The molecule has 0 radical (unpaired) electrons. The Labute approximate surface area is 174 Å². The van der Waals surface area contributed by atoms with Crippen molar-refractivity contribution < 1.29 is 27.4 Å². The van der Waals surface area contributed by atoms with E-state index < -0.39 is 11.7 Å². The van der Waals surface area contributed by atoms with Crippen molar-refractivity contribution in [1.29, 1.82) is 0 Å². The molecule has 3 aromatic rings. The summed E-state index contributed by atoms with van der Waals surface area (Å²) in [5.74, 6) is 1.22. The van der Waals surface area contributed by atoms with Crippen molar-refractivity contribution in [2.24, 2.45) is 0 Å². The molecule has 4 rings (SSSR count). The van der Waals surface area contributed by atoms with Crippen LogP contribution in [0.2, 0.25) is 0 Å². The van der Waals surface area contributed by atoms with Gasteiger partial charge in [-0.1, -0.05) is 18.2 Å². The fourth-order valence-corrected chi connectivity index (χ4v) is 3.86. The second kappa shape index (κ2) is 8.35. The van der Waals surface area contributed by atoms with Crippen LogP contribution < -0.4 is 14.8 Å². The molecular formula is C21H17F3N2O3S. The average molecular weight is 434 g/mol. The fourth-order valence-electron chi connectivity index (χ4n) is 3.00. The van der Waals surface area contributed by atoms with Crippen LogP contribution in [0.25, 0.3) is 0 Å². The first-order valence-electron chi connectivity index (χ1n) is 9.16. The largest absolute Gasteiger partial charge is 0.454 e. The summed E-state index contributed by atoms with van der Waals surface area (Å²) in [6, 6.07) is 10.6. The first-order valence-corrected chi connectivity index (χ1v) is 9.98.